The second kappa shape index (κ2) is 5.21. The number of rotatable bonds is 4. The van der Waals surface area contributed by atoms with Crippen LogP contribution in [0.4, 0.5) is 17.6 Å². The molecule has 9 heteroatoms. The fourth-order valence-corrected chi connectivity index (χ4v) is 2.04. The molecule has 0 spiro atoms. The lowest BCUT2D eigenvalue weighted by molar-refractivity contribution is -0.200. The van der Waals surface area contributed by atoms with Crippen molar-refractivity contribution >= 4 is 10.0 Å². The van der Waals surface area contributed by atoms with Gasteiger partial charge in [-0.2, -0.15) is 13.2 Å². The number of halogens is 4. The molecule has 1 aromatic carbocycles. The van der Waals surface area contributed by atoms with Crippen LogP contribution in [-0.4, -0.2) is 32.3 Å². The van der Waals surface area contributed by atoms with Gasteiger partial charge in [0.25, 0.3) is 0 Å². The fourth-order valence-electron chi connectivity index (χ4n) is 1.00. The summed E-state index contributed by atoms with van der Waals surface area (Å²) < 4.78 is 72.9. The standard InChI is InChI=1S/C9H9F4NO3S/c10-6-1-3-7(4-2-6)18(16,17)14-5-8(15)9(11,12)13/h1-4,8,14-15H,5H2. The maximum atomic E-state index is 12.5. The molecule has 0 aliphatic carbocycles. The van der Waals surface area contributed by atoms with Crippen LogP contribution in [0.3, 0.4) is 0 Å². The van der Waals surface area contributed by atoms with E-state index in [1.165, 1.54) is 0 Å². The smallest absolute Gasteiger partial charge is 0.382 e. The van der Waals surface area contributed by atoms with Crippen molar-refractivity contribution in [3.63, 3.8) is 0 Å². The molecular formula is C9H9F4NO3S. The fraction of sp³-hybridized carbons (Fsp3) is 0.333. The van der Waals surface area contributed by atoms with Gasteiger partial charge in [-0.1, -0.05) is 0 Å². The summed E-state index contributed by atoms with van der Waals surface area (Å²) in [6, 6.07) is 3.51. The van der Waals surface area contributed by atoms with Crippen molar-refractivity contribution in [1.82, 2.24) is 4.72 Å². The van der Waals surface area contributed by atoms with E-state index >= 15 is 0 Å². The van der Waals surface area contributed by atoms with Crippen LogP contribution in [0.5, 0.6) is 0 Å². The Balaban J connectivity index is 2.75. The van der Waals surface area contributed by atoms with Gasteiger partial charge in [0, 0.05) is 6.54 Å². The zero-order valence-corrected chi connectivity index (χ0v) is 9.59. The quantitative estimate of drug-likeness (QED) is 0.813. The summed E-state index contributed by atoms with van der Waals surface area (Å²) in [7, 11) is -4.21. The maximum Gasteiger partial charge on any atom is 0.415 e. The molecule has 0 heterocycles. The van der Waals surface area contributed by atoms with Crippen molar-refractivity contribution < 1.29 is 31.1 Å². The van der Waals surface area contributed by atoms with Crippen molar-refractivity contribution in [3.8, 4) is 0 Å². The molecule has 4 nitrogen and oxygen atoms in total. The predicted molar refractivity (Wildman–Crippen MR) is 53.7 cm³/mol. The predicted octanol–water partition coefficient (Wildman–Crippen LogP) is 1.03. The van der Waals surface area contributed by atoms with Gasteiger partial charge in [0.2, 0.25) is 10.0 Å². The van der Waals surface area contributed by atoms with E-state index in [0.29, 0.717) is 0 Å². The van der Waals surface area contributed by atoms with Crippen LogP contribution in [0.15, 0.2) is 29.2 Å². The van der Waals surface area contributed by atoms with Gasteiger partial charge in [-0.3, -0.25) is 0 Å². The minimum absolute atomic E-state index is 0.390. The first-order chi connectivity index (χ1) is 8.13. The highest BCUT2D eigenvalue weighted by Crippen LogP contribution is 2.19. The summed E-state index contributed by atoms with van der Waals surface area (Å²) in [6.45, 7) is -1.21. The van der Waals surface area contributed by atoms with Gasteiger partial charge in [0.1, 0.15) is 5.82 Å². The third kappa shape index (κ3) is 3.93. The number of hydrogen-bond donors (Lipinski definition) is 2. The molecule has 0 saturated heterocycles. The molecule has 0 fully saturated rings. The molecule has 0 aliphatic heterocycles. The minimum atomic E-state index is -4.91. The molecule has 1 unspecified atom stereocenters. The summed E-state index contributed by atoms with van der Waals surface area (Å²) in [5.41, 5.74) is 0. The van der Waals surface area contributed by atoms with Gasteiger partial charge in [0.15, 0.2) is 6.10 Å². The molecule has 0 bridgehead atoms. The van der Waals surface area contributed by atoms with E-state index in [-0.39, 0.29) is 0 Å². The molecule has 0 saturated carbocycles. The van der Waals surface area contributed by atoms with Crippen LogP contribution in [0.2, 0.25) is 0 Å². The molecule has 1 rings (SSSR count). The average molecular weight is 287 g/mol. The van der Waals surface area contributed by atoms with E-state index in [1.807, 2.05) is 0 Å². The topological polar surface area (TPSA) is 66.4 Å². The van der Waals surface area contributed by atoms with Crippen LogP contribution >= 0.6 is 0 Å². The Morgan fingerprint density at radius 2 is 1.72 bits per heavy atom. The highest BCUT2D eigenvalue weighted by Gasteiger charge is 2.38. The first-order valence-corrected chi connectivity index (χ1v) is 6.11. The molecule has 1 atom stereocenters. The average Bonchev–Trinajstić information content (AvgIpc) is 2.25. The van der Waals surface area contributed by atoms with E-state index < -0.39 is 39.6 Å². The lowest BCUT2D eigenvalue weighted by Gasteiger charge is -2.15. The Bertz CT molecular complexity index is 498. The Morgan fingerprint density at radius 3 is 2.17 bits per heavy atom. The summed E-state index contributed by atoms with van der Waals surface area (Å²) in [5.74, 6) is -0.677. The first-order valence-electron chi connectivity index (χ1n) is 4.63. The van der Waals surface area contributed by atoms with Gasteiger partial charge in [0.05, 0.1) is 4.90 Å². The third-order valence-corrected chi connectivity index (χ3v) is 3.41. The number of nitrogens with one attached hydrogen (secondary N) is 1. The first kappa shape index (κ1) is 14.9. The van der Waals surface area contributed by atoms with Crippen molar-refractivity contribution in [2.75, 3.05) is 6.54 Å². The van der Waals surface area contributed by atoms with E-state index in [4.69, 9.17) is 5.11 Å². The Kier molecular flexibility index (Phi) is 4.30. The normalized spacial score (nSPS) is 14.5. The van der Waals surface area contributed by atoms with Gasteiger partial charge in [-0.25, -0.2) is 17.5 Å². The second-order valence-electron chi connectivity index (χ2n) is 3.36. The molecule has 102 valence electrons. The lowest BCUT2D eigenvalue weighted by Crippen LogP contribution is -2.40. The van der Waals surface area contributed by atoms with Crippen LogP contribution in [0.1, 0.15) is 0 Å². The Hall–Kier alpha value is -1.19. The molecule has 0 aromatic heterocycles. The summed E-state index contributed by atoms with van der Waals surface area (Å²) in [5, 5.41) is 8.63. The molecular weight excluding hydrogens is 278 g/mol. The van der Waals surface area contributed by atoms with E-state index in [0.717, 1.165) is 24.3 Å². The van der Waals surface area contributed by atoms with Crippen molar-refractivity contribution in [1.29, 1.82) is 0 Å². The summed E-state index contributed by atoms with van der Waals surface area (Å²) >= 11 is 0. The number of alkyl halides is 3. The molecule has 0 aliphatic rings. The highest BCUT2D eigenvalue weighted by molar-refractivity contribution is 7.89. The number of aliphatic hydroxyl groups excluding tert-OH is 1. The second-order valence-corrected chi connectivity index (χ2v) is 5.13. The Morgan fingerprint density at radius 1 is 1.22 bits per heavy atom. The van der Waals surface area contributed by atoms with Gasteiger partial charge in [-0.15, -0.1) is 0 Å². The third-order valence-electron chi connectivity index (χ3n) is 1.97. The van der Waals surface area contributed by atoms with Crippen LogP contribution < -0.4 is 4.72 Å². The van der Waals surface area contributed by atoms with Crippen molar-refractivity contribution in [3.05, 3.63) is 30.1 Å². The minimum Gasteiger partial charge on any atom is -0.382 e. The number of sulfonamides is 1. The molecule has 0 radical (unpaired) electrons. The van der Waals surface area contributed by atoms with E-state index in [1.54, 1.807) is 4.72 Å². The SMILES string of the molecule is O=S(=O)(NCC(O)C(F)(F)F)c1ccc(F)cc1. The molecule has 0 amide bonds. The lowest BCUT2D eigenvalue weighted by atomic mass is 10.3. The Labute approximate surface area is 100 Å². The van der Waals surface area contributed by atoms with E-state index in [9.17, 15) is 26.0 Å². The van der Waals surface area contributed by atoms with Crippen LogP contribution in [0, 0.1) is 5.82 Å². The van der Waals surface area contributed by atoms with Crippen molar-refractivity contribution in [2.45, 2.75) is 17.2 Å². The van der Waals surface area contributed by atoms with Crippen molar-refractivity contribution in [2.24, 2.45) is 0 Å². The molecule has 18 heavy (non-hydrogen) atoms. The zero-order valence-electron chi connectivity index (χ0n) is 8.78. The number of aliphatic hydroxyl groups is 1. The van der Waals surface area contributed by atoms with Gasteiger partial charge >= 0.3 is 6.18 Å². The van der Waals surface area contributed by atoms with Gasteiger partial charge in [-0.05, 0) is 24.3 Å². The summed E-state index contributed by atoms with van der Waals surface area (Å²) in [4.78, 5) is -0.390. The van der Waals surface area contributed by atoms with E-state index in [2.05, 4.69) is 0 Å². The van der Waals surface area contributed by atoms with Crippen LogP contribution in [-0.2, 0) is 10.0 Å². The van der Waals surface area contributed by atoms with Crippen LogP contribution in [0.25, 0.3) is 0 Å². The number of hydrogen-bond acceptors (Lipinski definition) is 3. The largest absolute Gasteiger partial charge is 0.415 e. The summed E-state index contributed by atoms with van der Waals surface area (Å²) in [6.07, 6.45) is -7.71. The highest BCUT2D eigenvalue weighted by atomic mass is 32.2. The zero-order chi connectivity index (χ0) is 14.0. The number of benzene rings is 1. The monoisotopic (exact) mass is 287 g/mol. The van der Waals surface area contributed by atoms with Gasteiger partial charge < -0.3 is 5.11 Å². The maximum absolute atomic E-state index is 12.5. The molecule has 1 aromatic rings. The molecule has 2 N–H and O–H groups in total.